The average Bonchev–Trinajstić information content (AvgIpc) is 2.36. The molecule has 1 nitrogen and oxygen atoms in total. The maximum atomic E-state index is 14.3. The van der Waals surface area contributed by atoms with Crippen molar-refractivity contribution in [3.8, 4) is 0 Å². The van der Waals surface area contributed by atoms with Gasteiger partial charge in [-0.3, -0.25) is 0 Å². The first-order chi connectivity index (χ1) is 8.99. The number of rotatable bonds is 3. The lowest BCUT2D eigenvalue weighted by Crippen LogP contribution is -2.45. The highest BCUT2D eigenvalue weighted by Crippen LogP contribution is 2.42. The van der Waals surface area contributed by atoms with Crippen molar-refractivity contribution in [3.63, 3.8) is 0 Å². The van der Waals surface area contributed by atoms with Crippen molar-refractivity contribution in [2.75, 3.05) is 0 Å². The molecule has 110 valence electrons. The van der Waals surface area contributed by atoms with E-state index >= 15 is 0 Å². The van der Waals surface area contributed by atoms with Crippen LogP contribution in [0.3, 0.4) is 0 Å². The summed E-state index contributed by atoms with van der Waals surface area (Å²) in [5.41, 5.74) is 0. The number of allylic oxidation sites excluding steroid dienone is 1. The minimum atomic E-state index is -1.49. The Hall–Kier alpha value is -0.600. The lowest BCUT2D eigenvalue weighted by atomic mass is 9.69. The first kappa shape index (κ1) is 14.8. The van der Waals surface area contributed by atoms with Crippen molar-refractivity contribution in [3.05, 3.63) is 12.3 Å². The highest BCUT2D eigenvalue weighted by atomic mass is 19.2. The Balaban J connectivity index is 1.93. The van der Waals surface area contributed by atoms with E-state index < -0.39 is 18.4 Å². The molecule has 0 bridgehead atoms. The summed E-state index contributed by atoms with van der Waals surface area (Å²) in [7, 11) is 0. The van der Waals surface area contributed by atoms with Gasteiger partial charge in [-0.05, 0) is 50.4 Å². The van der Waals surface area contributed by atoms with E-state index in [1.54, 1.807) is 6.92 Å². The normalized spacial score (nSPS) is 43.8. The van der Waals surface area contributed by atoms with Crippen LogP contribution in [0.2, 0.25) is 0 Å². The predicted molar refractivity (Wildman–Crippen MR) is 73.3 cm³/mol. The van der Waals surface area contributed by atoms with E-state index in [2.05, 4.69) is 13.5 Å². The van der Waals surface area contributed by atoms with Crippen LogP contribution in [0, 0.1) is 17.8 Å². The van der Waals surface area contributed by atoms with Gasteiger partial charge in [-0.2, -0.15) is 0 Å². The summed E-state index contributed by atoms with van der Waals surface area (Å²) < 4.78 is 33.8. The molecule has 0 aliphatic heterocycles. The summed E-state index contributed by atoms with van der Waals surface area (Å²) in [6, 6.07) is 0. The Morgan fingerprint density at radius 1 is 1.00 bits per heavy atom. The third-order valence-corrected chi connectivity index (χ3v) is 4.87. The van der Waals surface area contributed by atoms with Crippen LogP contribution in [0.5, 0.6) is 0 Å². The number of halogens is 2. The Kier molecular flexibility index (Phi) is 4.86. The smallest absolute Gasteiger partial charge is 0.168 e. The van der Waals surface area contributed by atoms with Crippen molar-refractivity contribution in [1.82, 2.24) is 0 Å². The second-order valence-electron chi connectivity index (χ2n) is 6.51. The fourth-order valence-electron chi connectivity index (χ4n) is 3.71. The van der Waals surface area contributed by atoms with E-state index in [0.29, 0.717) is 18.1 Å². The topological polar surface area (TPSA) is 9.23 Å². The van der Waals surface area contributed by atoms with Crippen LogP contribution in [-0.4, -0.2) is 18.4 Å². The lowest BCUT2D eigenvalue weighted by molar-refractivity contribution is -0.0663. The summed E-state index contributed by atoms with van der Waals surface area (Å²) >= 11 is 0. The lowest BCUT2D eigenvalue weighted by Gasteiger charge is -2.40. The predicted octanol–water partition coefficient (Wildman–Crippen LogP) is 4.82. The first-order valence-electron chi connectivity index (χ1n) is 7.59. The minimum absolute atomic E-state index is 0.104. The summed E-state index contributed by atoms with van der Waals surface area (Å²) in [5, 5.41) is 0. The van der Waals surface area contributed by atoms with Gasteiger partial charge in [0.05, 0.1) is 5.76 Å². The molecule has 0 spiro atoms. The van der Waals surface area contributed by atoms with E-state index in [0.717, 1.165) is 38.0 Å². The summed E-state index contributed by atoms with van der Waals surface area (Å²) in [6.07, 6.45) is 2.32. The average molecular weight is 272 g/mol. The van der Waals surface area contributed by atoms with Crippen molar-refractivity contribution in [2.45, 2.75) is 70.8 Å². The molecule has 0 N–H and O–H groups in total. The maximum absolute atomic E-state index is 14.3. The van der Waals surface area contributed by atoms with Gasteiger partial charge >= 0.3 is 0 Å². The molecule has 0 amide bonds. The molecule has 2 rings (SSSR count). The molecular formula is C16H26F2O. The zero-order chi connectivity index (χ0) is 14.0. The number of hydrogen-bond acceptors (Lipinski definition) is 1. The molecule has 2 aliphatic carbocycles. The Morgan fingerprint density at radius 3 is 2.21 bits per heavy atom. The quantitative estimate of drug-likeness (QED) is 0.669. The molecule has 3 heteroatoms. The molecule has 0 aromatic carbocycles. The van der Waals surface area contributed by atoms with Crippen LogP contribution in [0.1, 0.15) is 52.4 Å². The molecule has 19 heavy (non-hydrogen) atoms. The first-order valence-corrected chi connectivity index (χ1v) is 7.59. The zero-order valence-corrected chi connectivity index (χ0v) is 12.1. The summed E-state index contributed by atoms with van der Waals surface area (Å²) in [4.78, 5) is 0. The molecule has 4 unspecified atom stereocenters. The fourth-order valence-corrected chi connectivity index (χ4v) is 3.71. The van der Waals surface area contributed by atoms with Gasteiger partial charge in [0.2, 0.25) is 0 Å². The second-order valence-corrected chi connectivity index (χ2v) is 6.51. The van der Waals surface area contributed by atoms with Crippen molar-refractivity contribution in [2.24, 2.45) is 17.8 Å². The van der Waals surface area contributed by atoms with Crippen LogP contribution in [0.4, 0.5) is 8.78 Å². The molecule has 0 radical (unpaired) electrons. The van der Waals surface area contributed by atoms with Crippen LogP contribution in [0.25, 0.3) is 0 Å². The molecule has 2 fully saturated rings. The summed E-state index contributed by atoms with van der Waals surface area (Å²) in [5.74, 6) is 1.49. The van der Waals surface area contributed by atoms with E-state index in [-0.39, 0.29) is 5.92 Å². The second kappa shape index (κ2) is 6.23. The van der Waals surface area contributed by atoms with Gasteiger partial charge in [0.25, 0.3) is 0 Å². The standard InChI is InChI=1S/C16H26F2O/c1-10(2)19-14-9-8-13(15(17)16(14)18)12-6-4-11(3)5-7-12/h11-16H,1,4-9H2,2-3H3. The van der Waals surface area contributed by atoms with Gasteiger partial charge in [0.1, 0.15) is 12.3 Å². The van der Waals surface area contributed by atoms with Crippen LogP contribution in [-0.2, 0) is 4.74 Å². The zero-order valence-electron chi connectivity index (χ0n) is 12.1. The molecule has 0 aromatic rings. The maximum Gasteiger partial charge on any atom is 0.168 e. The minimum Gasteiger partial charge on any atom is -0.493 e. The Bertz CT molecular complexity index is 310. The summed E-state index contributed by atoms with van der Waals surface area (Å²) in [6.45, 7) is 7.55. The fraction of sp³-hybridized carbons (Fsp3) is 0.875. The van der Waals surface area contributed by atoms with E-state index in [1.165, 1.54) is 0 Å². The van der Waals surface area contributed by atoms with Gasteiger partial charge in [-0.25, -0.2) is 8.78 Å². The Morgan fingerprint density at radius 2 is 1.63 bits per heavy atom. The Labute approximate surface area is 115 Å². The van der Waals surface area contributed by atoms with E-state index in [9.17, 15) is 8.78 Å². The van der Waals surface area contributed by atoms with Gasteiger partial charge in [0, 0.05) is 0 Å². The van der Waals surface area contributed by atoms with Crippen LogP contribution >= 0.6 is 0 Å². The van der Waals surface area contributed by atoms with Gasteiger partial charge < -0.3 is 4.74 Å². The third kappa shape index (κ3) is 3.49. The number of ether oxygens (including phenoxy) is 1. The molecule has 0 saturated heterocycles. The molecule has 0 aromatic heterocycles. The van der Waals surface area contributed by atoms with E-state index in [4.69, 9.17) is 4.74 Å². The van der Waals surface area contributed by atoms with Gasteiger partial charge in [-0.1, -0.05) is 26.3 Å². The molecule has 2 aliphatic rings. The van der Waals surface area contributed by atoms with E-state index in [1.807, 2.05) is 0 Å². The van der Waals surface area contributed by atoms with Crippen molar-refractivity contribution >= 4 is 0 Å². The van der Waals surface area contributed by atoms with Crippen LogP contribution < -0.4 is 0 Å². The third-order valence-electron chi connectivity index (χ3n) is 4.87. The molecular weight excluding hydrogens is 246 g/mol. The largest absolute Gasteiger partial charge is 0.493 e. The molecule has 4 atom stereocenters. The van der Waals surface area contributed by atoms with Crippen molar-refractivity contribution in [1.29, 1.82) is 0 Å². The van der Waals surface area contributed by atoms with Crippen molar-refractivity contribution < 1.29 is 13.5 Å². The molecule has 2 saturated carbocycles. The van der Waals surface area contributed by atoms with Crippen LogP contribution in [0.15, 0.2) is 12.3 Å². The number of hydrogen-bond donors (Lipinski definition) is 0. The van der Waals surface area contributed by atoms with Gasteiger partial charge in [0.15, 0.2) is 6.17 Å². The van der Waals surface area contributed by atoms with Gasteiger partial charge in [-0.15, -0.1) is 0 Å². The number of alkyl halides is 2. The molecule has 0 heterocycles. The monoisotopic (exact) mass is 272 g/mol. The SMILES string of the molecule is C=C(C)OC1CCC(C2CCC(C)CC2)C(F)C1F. The highest BCUT2D eigenvalue weighted by molar-refractivity contribution is 4.94. The highest BCUT2D eigenvalue weighted by Gasteiger charge is 2.44.